The molecule has 1 amide bonds. The monoisotopic (exact) mass is 334 g/mol. The fourth-order valence-corrected chi connectivity index (χ4v) is 1.83. The molecule has 0 aliphatic rings. The maximum atomic E-state index is 11.4. The summed E-state index contributed by atoms with van der Waals surface area (Å²) in [7, 11) is 0. The first-order chi connectivity index (χ1) is 8.29. The molecule has 18 heavy (non-hydrogen) atoms. The van der Waals surface area contributed by atoms with E-state index in [0.717, 1.165) is 10.2 Å². The van der Waals surface area contributed by atoms with Crippen LogP contribution in [0.15, 0.2) is 16.7 Å². The number of pyridine rings is 1. The quantitative estimate of drug-likeness (QED) is 0.919. The Balaban J connectivity index is 2.43. The van der Waals surface area contributed by atoms with E-state index in [4.69, 9.17) is 16.3 Å². The summed E-state index contributed by atoms with van der Waals surface area (Å²) in [6.45, 7) is 5.91. The zero-order valence-electron chi connectivity index (χ0n) is 10.6. The van der Waals surface area contributed by atoms with Gasteiger partial charge in [-0.2, -0.15) is 0 Å². The van der Waals surface area contributed by atoms with E-state index in [1.165, 1.54) is 0 Å². The van der Waals surface area contributed by atoms with E-state index in [0.29, 0.717) is 18.0 Å². The van der Waals surface area contributed by atoms with Crippen molar-refractivity contribution in [3.63, 3.8) is 0 Å². The van der Waals surface area contributed by atoms with Gasteiger partial charge in [0.1, 0.15) is 5.60 Å². The fraction of sp³-hybridized carbons (Fsp3) is 0.500. The number of carbonyl (C=O) groups excluding carboxylic acids is 1. The van der Waals surface area contributed by atoms with E-state index >= 15 is 0 Å². The Morgan fingerprint density at radius 2 is 2.22 bits per heavy atom. The number of nitrogens with one attached hydrogen (secondary N) is 1. The lowest BCUT2D eigenvalue weighted by atomic mass is 10.2. The lowest BCUT2D eigenvalue weighted by Gasteiger charge is -2.19. The van der Waals surface area contributed by atoms with Crippen LogP contribution in [-0.2, 0) is 11.2 Å². The van der Waals surface area contributed by atoms with Gasteiger partial charge >= 0.3 is 6.09 Å². The van der Waals surface area contributed by atoms with Crippen LogP contribution in [-0.4, -0.2) is 23.2 Å². The lowest BCUT2D eigenvalue weighted by molar-refractivity contribution is 0.0528. The highest BCUT2D eigenvalue weighted by molar-refractivity contribution is 9.10. The number of hydrogen-bond acceptors (Lipinski definition) is 3. The van der Waals surface area contributed by atoms with E-state index in [1.807, 2.05) is 20.8 Å². The molecule has 1 aromatic heterocycles. The molecule has 1 heterocycles. The number of aromatic nitrogens is 1. The van der Waals surface area contributed by atoms with Gasteiger partial charge in [-0.25, -0.2) is 4.79 Å². The number of amides is 1. The molecule has 0 aromatic carbocycles. The normalized spacial score (nSPS) is 11.2. The van der Waals surface area contributed by atoms with Gasteiger partial charge in [-0.1, -0.05) is 11.6 Å². The number of halogens is 2. The van der Waals surface area contributed by atoms with Gasteiger partial charge in [-0.3, -0.25) is 4.98 Å². The fourth-order valence-electron chi connectivity index (χ4n) is 1.23. The molecule has 1 aromatic rings. The topological polar surface area (TPSA) is 51.2 Å². The number of hydrogen-bond donors (Lipinski definition) is 1. The predicted octanol–water partition coefficient (Wildman–Crippen LogP) is 3.56. The molecule has 0 unspecified atom stereocenters. The van der Waals surface area contributed by atoms with E-state index in [1.54, 1.807) is 12.3 Å². The van der Waals surface area contributed by atoms with Gasteiger partial charge in [0.2, 0.25) is 0 Å². The molecule has 0 saturated heterocycles. The maximum Gasteiger partial charge on any atom is 0.407 e. The van der Waals surface area contributed by atoms with Gasteiger partial charge in [0, 0.05) is 19.2 Å². The van der Waals surface area contributed by atoms with E-state index in [-0.39, 0.29) is 0 Å². The van der Waals surface area contributed by atoms with Crippen molar-refractivity contribution < 1.29 is 9.53 Å². The Labute approximate surface area is 120 Å². The molecular formula is C12H16BrClN2O2. The van der Waals surface area contributed by atoms with Crippen molar-refractivity contribution in [2.24, 2.45) is 0 Å². The van der Waals surface area contributed by atoms with Gasteiger partial charge in [-0.15, -0.1) is 0 Å². The molecule has 1 N–H and O–H groups in total. The van der Waals surface area contributed by atoms with Crippen LogP contribution in [0.5, 0.6) is 0 Å². The maximum absolute atomic E-state index is 11.4. The van der Waals surface area contributed by atoms with Gasteiger partial charge in [0.05, 0.1) is 15.2 Å². The van der Waals surface area contributed by atoms with Gasteiger partial charge in [-0.05, 0) is 42.8 Å². The van der Waals surface area contributed by atoms with Crippen LogP contribution in [0, 0.1) is 0 Å². The highest BCUT2D eigenvalue weighted by Gasteiger charge is 2.15. The first kappa shape index (κ1) is 15.2. The SMILES string of the molecule is CC(C)(C)OC(=O)NCCc1nccc(Cl)c1Br. The standard InChI is InChI=1S/C12H16BrClN2O2/c1-12(2,3)18-11(17)16-7-5-9-10(13)8(14)4-6-15-9/h4,6H,5,7H2,1-3H3,(H,16,17). The van der Waals surface area contributed by atoms with Crippen molar-refractivity contribution in [1.82, 2.24) is 10.3 Å². The number of carbonyl (C=O) groups is 1. The Morgan fingerprint density at radius 1 is 1.56 bits per heavy atom. The third kappa shape index (κ3) is 5.23. The summed E-state index contributed by atoms with van der Waals surface area (Å²) in [6, 6.07) is 1.70. The third-order valence-electron chi connectivity index (χ3n) is 1.94. The second-order valence-corrected chi connectivity index (χ2v) is 5.93. The third-order valence-corrected chi connectivity index (χ3v) is 3.37. The molecule has 0 radical (unpaired) electrons. The van der Waals surface area contributed by atoms with Crippen LogP contribution < -0.4 is 5.32 Å². The molecule has 0 bridgehead atoms. The Morgan fingerprint density at radius 3 is 2.83 bits per heavy atom. The van der Waals surface area contributed by atoms with E-state index < -0.39 is 11.7 Å². The Hall–Kier alpha value is -0.810. The largest absolute Gasteiger partial charge is 0.444 e. The summed E-state index contributed by atoms with van der Waals surface area (Å²) in [5, 5.41) is 3.28. The minimum atomic E-state index is -0.487. The number of rotatable bonds is 3. The molecule has 0 aliphatic carbocycles. The number of alkyl carbamates (subject to hydrolysis) is 1. The molecule has 0 fully saturated rings. The summed E-state index contributed by atoms with van der Waals surface area (Å²) in [4.78, 5) is 15.6. The van der Waals surface area contributed by atoms with Gasteiger partial charge in [0.15, 0.2) is 0 Å². The van der Waals surface area contributed by atoms with Crippen LogP contribution in [0.4, 0.5) is 4.79 Å². The Bertz CT molecular complexity index is 433. The number of ether oxygens (including phenoxy) is 1. The van der Waals surface area contributed by atoms with Crippen molar-refractivity contribution in [3.05, 3.63) is 27.5 Å². The highest BCUT2D eigenvalue weighted by atomic mass is 79.9. The minimum Gasteiger partial charge on any atom is -0.444 e. The van der Waals surface area contributed by atoms with Crippen LogP contribution in [0.25, 0.3) is 0 Å². The summed E-state index contributed by atoms with van der Waals surface area (Å²) < 4.78 is 5.88. The van der Waals surface area contributed by atoms with Crippen LogP contribution in [0.3, 0.4) is 0 Å². The van der Waals surface area contributed by atoms with Crippen molar-refractivity contribution in [1.29, 1.82) is 0 Å². The van der Waals surface area contributed by atoms with Crippen LogP contribution in [0.2, 0.25) is 5.02 Å². The molecule has 0 spiro atoms. The van der Waals surface area contributed by atoms with E-state index in [9.17, 15) is 4.79 Å². The van der Waals surface area contributed by atoms with Crippen molar-refractivity contribution >= 4 is 33.6 Å². The van der Waals surface area contributed by atoms with Crippen LogP contribution >= 0.6 is 27.5 Å². The first-order valence-corrected chi connectivity index (χ1v) is 6.72. The molecule has 100 valence electrons. The van der Waals surface area contributed by atoms with Crippen LogP contribution in [0.1, 0.15) is 26.5 Å². The summed E-state index contributed by atoms with van der Waals surface area (Å²) in [5.74, 6) is 0. The molecular weight excluding hydrogens is 320 g/mol. The minimum absolute atomic E-state index is 0.430. The summed E-state index contributed by atoms with van der Waals surface area (Å²) in [6.07, 6.45) is 1.79. The predicted molar refractivity (Wildman–Crippen MR) is 74.9 cm³/mol. The lowest BCUT2D eigenvalue weighted by Crippen LogP contribution is -2.33. The molecule has 1 rings (SSSR count). The summed E-state index contributed by atoms with van der Waals surface area (Å²) in [5.41, 5.74) is 0.317. The van der Waals surface area contributed by atoms with Crippen molar-refractivity contribution in [3.8, 4) is 0 Å². The smallest absolute Gasteiger partial charge is 0.407 e. The second kappa shape index (κ2) is 6.38. The average Bonchev–Trinajstić information content (AvgIpc) is 2.21. The molecule has 0 aliphatic heterocycles. The molecule has 4 nitrogen and oxygen atoms in total. The summed E-state index contributed by atoms with van der Waals surface area (Å²) >= 11 is 9.30. The first-order valence-electron chi connectivity index (χ1n) is 5.55. The zero-order valence-corrected chi connectivity index (χ0v) is 12.9. The average molecular weight is 336 g/mol. The van der Waals surface area contributed by atoms with Crippen molar-refractivity contribution in [2.75, 3.05) is 6.54 Å². The highest BCUT2D eigenvalue weighted by Crippen LogP contribution is 2.24. The molecule has 0 atom stereocenters. The zero-order chi connectivity index (χ0) is 13.8. The number of nitrogens with zero attached hydrogens (tertiary/aromatic N) is 1. The molecule has 6 heteroatoms. The van der Waals surface area contributed by atoms with Gasteiger partial charge in [0.25, 0.3) is 0 Å². The van der Waals surface area contributed by atoms with E-state index in [2.05, 4.69) is 26.2 Å². The second-order valence-electron chi connectivity index (χ2n) is 4.73. The van der Waals surface area contributed by atoms with Gasteiger partial charge < -0.3 is 10.1 Å². The van der Waals surface area contributed by atoms with Crippen molar-refractivity contribution in [2.45, 2.75) is 32.8 Å². The Kier molecular flexibility index (Phi) is 5.41. The molecule has 0 saturated carbocycles.